The molecule has 3 nitrogen and oxygen atoms in total. The van der Waals surface area contributed by atoms with E-state index < -0.39 is 46.4 Å². The highest BCUT2D eigenvalue weighted by molar-refractivity contribution is 9.10. The summed E-state index contributed by atoms with van der Waals surface area (Å²) < 4.78 is 84.5. The van der Waals surface area contributed by atoms with Gasteiger partial charge in [-0.2, -0.15) is 13.2 Å². The van der Waals surface area contributed by atoms with E-state index in [4.69, 9.17) is 10.5 Å². The Kier molecular flexibility index (Phi) is 5.47. The Hall–Kier alpha value is -2.01. The molecule has 2 aromatic rings. The molecule has 0 saturated carbocycles. The molecule has 0 amide bonds. The molecular weight excluding hydrogens is 438 g/mol. The van der Waals surface area contributed by atoms with E-state index in [1.54, 1.807) is 0 Å². The topological polar surface area (TPSA) is 47.3 Å². The molecular formula is C14H7BrF6N2OS. The van der Waals surface area contributed by atoms with Crippen molar-refractivity contribution in [3.63, 3.8) is 0 Å². The van der Waals surface area contributed by atoms with Gasteiger partial charge in [0.1, 0.15) is 5.69 Å². The lowest BCUT2D eigenvalue weighted by Gasteiger charge is -2.15. The highest BCUT2D eigenvalue weighted by atomic mass is 79.9. The van der Waals surface area contributed by atoms with Crippen molar-refractivity contribution in [1.82, 2.24) is 0 Å². The first-order chi connectivity index (χ1) is 11.5. The van der Waals surface area contributed by atoms with Crippen LogP contribution < -0.4 is 15.8 Å². The van der Waals surface area contributed by atoms with Gasteiger partial charge in [-0.15, -0.1) is 0 Å². The summed E-state index contributed by atoms with van der Waals surface area (Å²) in [5.74, 6) is -5.75. The van der Waals surface area contributed by atoms with Gasteiger partial charge in [-0.25, -0.2) is 13.2 Å². The molecule has 3 N–H and O–H groups in total. The third-order valence-corrected chi connectivity index (χ3v) is 3.36. The maximum absolute atomic E-state index is 14.0. The number of nitrogens with one attached hydrogen (secondary N) is 1. The molecule has 0 bridgehead atoms. The molecule has 0 fully saturated rings. The number of thiocarbonyl (C=S) groups is 1. The second-order valence-electron chi connectivity index (χ2n) is 4.62. The van der Waals surface area contributed by atoms with Crippen LogP contribution in [0.15, 0.2) is 28.7 Å². The lowest BCUT2D eigenvalue weighted by atomic mass is 10.2. The third-order valence-electron chi connectivity index (χ3n) is 2.80. The van der Waals surface area contributed by atoms with Crippen LogP contribution in [-0.2, 0) is 6.18 Å². The maximum Gasteiger partial charge on any atom is 0.416 e. The number of halogens is 7. The fourth-order valence-corrected chi connectivity index (χ4v) is 2.32. The predicted octanol–water partition coefficient (Wildman–Crippen LogP) is 5.33. The number of nitrogens with two attached hydrogens (primary N) is 1. The van der Waals surface area contributed by atoms with E-state index in [2.05, 4.69) is 33.5 Å². The fraction of sp³-hybridized carbons (Fsp3) is 0.0714. The first-order valence-corrected chi connectivity index (χ1v) is 7.48. The monoisotopic (exact) mass is 444 g/mol. The van der Waals surface area contributed by atoms with Crippen molar-refractivity contribution in [2.45, 2.75) is 6.18 Å². The number of alkyl halides is 3. The van der Waals surface area contributed by atoms with Crippen LogP contribution in [0.25, 0.3) is 0 Å². The number of anilines is 1. The predicted molar refractivity (Wildman–Crippen MR) is 85.9 cm³/mol. The van der Waals surface area contributed by atoms with Crippen molar-refractivity contribution >= 4 is 38.9 Å². The zero-order valence-electron chi connectivity index (χ0n) is 11.8. The van der Waals surface area contributed by atoms with E-state index in [0.717, 1.165) is 12.1 Å². The molecule has 0 atom stereocenters. The molecule has 0 saturated heterocycles. The zero-order valence-corrected chi connectivity index (χ0v) is 14.3. The minimum atomic E-state index is -4.94. The summed E-state index contributed by atoms with van der Waals surface area (Å²) in [6.45, 7) is 0. The van der Waals surface area contributed by atoms with Gasteiger partial charge in [0.25, 0.3) is 0 Å². The lowest BCUT2D eigenvalue weighted by molar-refractivity contribution is -0.138. The summed E-state index contributed by atoms with van der Waals surface area (Å²) in [7, 11) is 0. The summed E-state index contributed by atoms with van der Waals surface area (Å²) in [5, 5.41) is 1.87. The average molecular weight is 445 g/mol. The SMILES string of the molecule is NC(=S)Nc1c(F)cc(Br)cc1Oc1c(F)cc(C(F)(F)F)cc1F. The van der Waals surface area contributed by atoms with Crippen LogP contribution in [0.3, 0.4) is 0 Å². The van der Waals surface area contributed by atoms with Crippen LogP contribution in [0.4, 0.5) is 32.0 Å². The van der Waals surface area contributed by atoms with Crippen molar-refractivity contribution in [3.8, 4) is 11.5 Å². The highest BCUT2D eigenvalue weighted by Gasteiger charge is 2.33. The van der Waals surface area contributed by atoms with Crippen LogP contribution in [0.1, 0.15) is 5.56 Å². The van der Waals surface area contributed by atoms with Crippen LogP contribution >= 0.6 is 28.1 Å². The van der Waals surface area contributed by atoms with Gasteiger partial charge < -0.3 is 15.8 Å². The molecule has 11 heteroatoms. The van der Waals surface area contributed by atoms with E-state index in [-0.39, 0.29) is 21.7 Å². The molecule has 25 heavy (non-hydrogen) atoms. The van der Waals surface area contributed by atoms with Crippen molar-refractivity contribution in [2.75, 3.05) is 5.32 Å². The maximum atomic E-state index is 14.0. The Morgan fingerprint density at radius 1 is 1.04 bits per heavy atom. The Balaban J connectivity index is 2.52. The number of hydrogen-bond acceptors (Lipinski definition) is 2. The van der Waals surface area contributed by atoms with E-state index in [1.165, 1.54) is 0 Å². The molecule has 2 aromatic carbocycles. The molecule has 134 valence electrons. The quantitative estimate of drug-likeness (QED) is 0.495. The van der Waals surface area contributed by atoms with Crippen molar-refractivity contribution in [3.05, 3.63) is 51.8 Å². The normalized spacial score (nSPS) is 11.3. The average Bonchev–Trinajstić information content (AvgIpc) is 2.44. The van der Waals surface area contributed by atoms with Gasteiger partial charge in [-0.1, -0.05) is 15.9 Å². The summed E-state index contributed by atoms with van der Waals surface area (Å²) in [5.41, 5.74) is 3.27. The second-order valence-corrected chi connectivity index (χ2v) is 5.97. The molecule has 0 radical (unpaired) electrons. The third kappa shape index (κ3) is 4.54. The summed E-state index contributed by atoms with van der Waals surface area (Å²) >= 11 is 7.52. The smallest absolute Gasteiger partial charge is 0.416 e. The van der Waals surface area contributed by atoms with Gasteiger partial charge in [0.05, 0.1) is 5.56 Å². The van der Waals surface area contributed by atoms with Gasteiger partial charge in [0.2, 0.25) is 0 Å². The molecule has 0 aromatic heterocycles. The van der Waals surface area contributed by atoms with Crippen LogP contribution in [0, 0.1) is 17.5 Å². The lowest BCUT2D eigenvalue weighted by Crippen LogP contribution is -2.20. The van der Waals surface area contributed by atoms with Gasteiger partial charge in [0, 0.05) is 4.47 Å². The van der Waals surface area contributed by atoms with Gasteiger partial charge in [-0.05, 0) is 36.5 Å². The molecule has 2 rings (SSSR count). The Bertz CT molecular complexity index is 820. The molecule has 0 aliphatic heterocycles. The first kappa shape index (κ1) is 19.3. The highest BCUT2D eigenvalue weighted by Crippen LogP contribution is 2.39. The summed E-state index contributed by atoms with van der Waals surface area (Å²) in [6, 6.07) is 2.24. The Morgan fingerprint density at radius 3 is 2.08 bits per heavy atom. The minimum absolute atomic E-state index is 0.0629. The molecule has 0 aliphatic carbocycles. The van der Waals surface area contributed by atoms with E-state index >= 15 is 0 Å². The van der Waals surface area contributed by atoms with E-state index in [1.807, 2.05) is 0 Å². The summed E-state index contributed by atoms with van der Waals surface area (Å²) in [6.07, 6.45) is -4.94. The zero-order chi connectivity index (χ0) is 18.9. The van der Waals surface area contributed by atoms with Gasteiger partial charge in [-0.3, -0.25) is 0 Å². The van der Waals surface area contributed by atoms with Gasteiger partial charge >= 0.3 is 6.18 Å². The standard InChI is InChI=1S/C14H7BrF6N2OS/c15-6-3-7(16)11(23-13(22)25)10(4-6)24-12-8(17)1-5(2-9(12)18)14(19,20)21/h1-4H,(H3,22,23,25). The van der Waals surface area contributed by atoms with Crippen LogP contribution in [0.2, 0.25) is 0 Å². The Labute approximate surface area is 150 Å². The molecule has 0 unspecified atom stereocenters. The molecule has 0 aliphatic rings. The molecule has 0 spiro atoms. The first-order valence-electron chi connectivity index (χ1n) is 6.28. The second kappa shape index (κ2) is 7.08. The minimum Gasteiger partial charge on any atom is -0.449 e. The number of hydrogen-bond donors (Lipinski definition) is 2. The fourth-order valence-electron chi connectivity index (χ4n) is 1.81. The number of benzene rings is 2. The van der Waals surface area contributed by atoms with Crippen molar-refractivity contribution in [2.24, 2.45) is 5.73 Å². The largest absolute Gasteiger partial charge is 0.449 e. The number of ether oxygens (including phenoxy) is 1. The number of rotatable bonds is 3. The van der Waals surface area contributed by atoms with E-state index in [9.17, 15) is 26.3 Å². The van der Waals surface area contributed by atoms with Crippen LogP contribution in [0.5, 0.6) is 11.5 Å². The van der Waals surface area contributed by atoms with Crippen molar-refractivity contribution < 1.29 is 31.1 Å². The van der Waals surface area contributed by atoms with Crippen LogP contribution in [-0.4, -0.2) is 5.11 Å². The molecule has 0 heterocycles. The Morgan fingerprint density at radius 2 is 1.60 bits per heavy atom. The van der Waals surface area contributed by atoms with Crippen molar-refractivity contribution in [1.29, 1.82) is 0 Å². The van der Waals surface area contributed by atoms with E-state index in [0.29, 0.717) is 0 Å². The van der Waals surface area contributed by atoms with Gasteiger partial charge in [0.15, 0.2) is 34.1 Å². The summed E-state index contributed by atoms with van der Waals surface area (Å²) in [4.78, 5) is 0.